The number of sulfonamides is 1. The Labute approximate surface area is 285 Å². The molecule has 5 rings (SSSR count). The van der Waals surface area contributed by atoms with Crippen LogP contribution in [0, 0.1) is 5.82 Å². The Balaban J connectivity index is 1.56. The highest BCUT2D eigenvalue weighted by atomic mass is 35.5. The van der Waals surface area contributed by atoms with E-state index in [0.29, 0.717) is 10.6 Å². The van der Waals surface area contributed by atoms with Crippen LogP contribution in [0.3, 0.4) is 0 Å². The lowest BCUT2D eigenvalue weighted by atomic mass is 9.94. The van der Waals surface area contributed by atoms with E-state index in [2.05, 4.69) is 5.32 Å². The Morgan fingerprint density at radius 3 is 2.09 bits per heavy atom. The molecule has 0 saturated heterocycles. The standard InChI is InChI=1S/C36H36Cl2FN3O4S/c37-32-21-16-27(22-33(32)38)24-41(34(23-26-10-4-1-5-11-26)36(44)40-29-12-6-2-7-13-29)35(43)25-42(30-14-8-3-9-15-30)47(45,46)31-19-17-28(39)18-20-31/h1,3-5,8-11,14-22,29,34H,2,6-7,12-13,23-25H2,(H,40,44)/t34-/m0/s1. The third-order valence-corrected chi connectivity index (χ3v) is 10.8. The molecule has 1 N–H and O–H groups in total. The molecule has 1 aliphatic rings. The van der Waals surface area contributed by atoms with E-state index in [0.717, 1.165) is 66.2 Å². The van der Waals surface area contributed by atoms with Gasteiger partial charge in [-0.25, -0.2) is 12.8 Å². The van der Waals surface area contributed by atoms with E-state index < -0.39 is 34.3 Å². The SMILES string of the molecule is O=C(NC1CCCCC1)[C@H](Cc1ccccc1)N(Cc1ccc(Cl)c(Cl)c1)C(=O)CN(c1ccccc1)S(=O)(=O)c1ccc(F)cc1. The van der Waals surface area contributed by atoms with E-state index in [1.54, 1.807) is 48.5 Å². The second-order valence-corrected chi connectivity index (χ2v) is 14.3. The molecule has 1 atom stereocenters. The monoisotopic (exact) mass is 695 g/mol. The van der Waals surface area contributed by atoms with E-state index in [-0.39, 0.29) is 40.5 Å². The number of carbonyl (C=O) groups is 2. The molecule has 0 radical (unpaired) electrons. The van der Waals surface area contributed by atoms with Crippen LogP contribution < -0.4 is 9.62 Å². The first-order valence-electron chi connectivity index (χ1n) is 15.5. The maximum Gasteiger partial charge on any atom is 0.264 e. The van der Waals surface area contributed by atoms with Crippen LogP contribution in [0.15, 0.2) is 108 Å². The fraction of sp³-hybridized carbons (Fsp3) is 0.278. The molecular weight excluding hydrogens is 660 g/mol. The number of halogens is 3. The minimum Gasteiger partial charge on any atom is -0.352 e. The lowest BCUT2D eigenvalue weighted by Crippen LogP contribution is -2.55. The Kier molecular flexibility index (Phi) is 11.6. The molecule has 0 aromatic heterocycles. The minimum atomic E-state index is -4.33. The van der Waals surface area contributed by atoms with Crippen LogP contribution in [0.5, 0.6) is 0 Å². The number of amides is 2. The summed E-state index contributed by atoms with van der Waals surface area (Å²) >= 11 is 12.5. The number of rotatable bonds is 12. The van der Waals surface area contributed by atoms with Crippen molar-refractivity contribution >= 4 is 50.7 Å². The zero-order valence-electron chi connectivity index (χ0n) is 25.7. The molecule has 4 aromatic carbocycles. The van der Waals surface area contributed by atoms with Crippen molar-refractivity contribution in [3.63, 3.8) is 0 Å². The molecule has 2 amide bonds. The van der Waals surface area contributed by atoms with Gasteiger partial charge in [-0.3, -0.25) is 13.9 Å². The largest absolute Gasteiger partial charge is 0.352 e. The van der Waals surface area contributed by atoms with Crippen LogP contribution in [0.2, 0.25) is 10.0 Å². The van der Waals surface area contributed by atoms with Crippen molar-refractivity contribution < 1.29 is 22.4 Å². The third kappa shape index (κ3) is 8.91. The van der Waals surface area contributed by atoms with Crippen LogP contribution in [0.4, 0.5) is 10.1 Å². The molecule has 1 aliphatic carbocycles. The van der Waals surface area contributed by atoms with E-state index >= 15 is 0 Å². The average Bonchev–Trinajstić information content (AvgIpc) is 3.08. The fourth-order valence-corrected chi connectivity index (χ4v) is 7.52. The van der Waals surface area contributed by atoms with E-state index in [1.807, 2.05) is 30.3 Å². The van der Waals surface area contributed by atoms with Gasteiger partial charge in [-0.1, -0.05) is 97.1 Å². The molecule has 1 fully saturated rings. The van der Waals surface area contributed by atoms with Gasteiger partial charge in [-0.05, 0) is 72.5 Å². The van der Waals surface area contributed by atoms with Gasteiger partial charge < -0.3 is 10.2 Å². The van der Waals surface area contributed by atoms with Crippen LogP contribution in [0.25, 0.3) is 0 Å². The normalized spacial score (nSPS) is 14.3. The summed E-state index contributed by atoms with van der Waals surface area (Å²) in [5.41, 5.74) is 1.69. The molecule has 0 heterocycles. The molecule has 246 valence electrons. The number of para-hydroxylation sites is 1. The highest BCUT2D eigenvalue weighted by Gasteiger charge is 2.35. The number of benzene rings is 4. The molecule has 47 heavy (non-hydrogen) atoms. The lowest BCUT2D eigenvalue weighted by molar-refractivity contribution is -0.140. The van der Waals surface area contributed by atoms with E-state index in [9.17, 15) is 22.4 Å². The second-order valence-electron chi connectivity index (χ2n) is 11.6. The molecule has 0 spiro atoms. The highest BCUT2D eigenvalue weighted by molar-refractivity contribution is 7.92. The summed E-state index contributed by atoms with van der Waals surface area (Å²) in [5, 5.41) is 3.80. The quantitative estimate of drug-likeness (QED) is 0.167. The Morgan fingerprint density at radius 2 is 1.45 bits per heavy atom. The summed E-state index contributed by atoms with van der Waals surface area (Å²) in [6.07, 6.45) is 5.02. The zero-order valence-corrected chi connectivity index (χ0v) is 28.0. The first-order valence-corrected chi connectivity index (χ1v) is 17.7. The molecular formula is C36H36Cl2FN3O4S. The van der Waals surface area contributed by atoms with Crippen LogP contribution in [0.1, 0.15) is 43.2 Å². The van der Waals surface area contributed by atoms with Crippen molar-refractivity contribution in [2.75, 3.05) is 10.8 Å². The van der Waals surface area contributed by atoms with Crippen LogP contribution in [-0.4, -0.2) is 43.8 Å². The third-order valence-electron chi connectivity index (χ3n) is 8.28. The first kappa shape index (κ1) is 34.4. The molecule has 11 heteroatoms. The second kappa shape index (κ2) is 15.8. The Bertz CT molecular complexity index is 1770. The van der Waals surface area contributed by atoms with E-state index in [1.165, 1.54) is 4.90 Å². The summed E-state index contributed by atoms with van der Waals surface area (Å²) in [5.74, 6) is -1.51. The van der Waals surface area contributed by atoms with Crippen molar-refractivity contribution in [2.24, 2.45) is 0 Å². The van der Waals surface area contributed by atoms with Crippen LogP contribution in [-0.2, 0) is 32.6 Å². The van der Waals surface area contributed by atoms with Gasteiger partial charge in [0, 0.05) is 19.0 Å². The molecule has 0 unspecified atom stereocenters. The number of nitrogens with one attached hydrogen (secondary N) is 1. The van der Waals surface area contributed by atoms with Gasteiger partial charge in [0.2, 0.25) is 11.8 Å². The molecule has 0 bridgehead atoms. The summed E-state index contributed by atoms with van der Waals surface area (Å²) in [7, 11) is -4.33. The van der Waals surface area contributed by atoms with Crippen molar-refractivity contribution in [2.45, 2.75) is 62.0 Å². The number of hydrogen-bond acceptors (Lipinski definition) is 4. The summed E-state index contributed by atoms with van der Waals surface area (Å²) in [4.78, 5) is 30.0. The van der Waals surface area contributed by atoms with E-state index in [4.69, 9.17) is 23.2 Å². The topological polar surface area (TPSA) is 86.8 Å². The van der Waals surface area contributed by atoms with Gasteiger partial charge in [0.25, 0.3) is 10.0 Å². The number of nitrogens with zero attached hydrogens (tertiary/aromatic N) is 2. The van der Waals surface area contributed by atoms with Crippen molar-refractivity contribution in [1.82, 2.24) is 10.2 Å². The van der Waals surface area contributed by atoms with Gasteiger partial charge in [-0.2, -0.15) is 0 Å². The van der Waals surface area contributed by atoms with Gasteiger partial charge >= 0.3 is 0 Å². The molecule has 4 aromatic rings. The average molecular weight is 697 g/mol. The van der Waals surface area contributed by atoms with Gasteiger partial charge in [0.05, 0.1) is 20.6 Å². The highest BCUT2D eigenvalue weighted by Crippen LogP contribution is 2.27. The maximum absolute atomic E-state index is 14.6. The molecule has 7 nitrogen and oxygen atoms in total. The van der Waals surface area contributed by atoms with Crippen molar-refractivity contribution in [1.29, 1.82) is 0 Å². The molecule has 0 aliphatic heterocycles. The zero-order chi connectivity index (χ0) is 33.4. The smallest absolute Gasteiger partial charge is 0.264 e. The number of carbonyl (C=O) groups excluding carboxylic acids is 2. The first-order chi connectivity index (χ1) is 22.6. The summed E-state index contributed by atoms with van der Waals surface area (Å²) in [6.45, 7) is -0.655. The van der Waals surface area contributed by atoms with Crippen molar-refractivity contribution in [3.05, 3.63) is 130 Å². The molecule has 1 saturated carbocycles. The Morgan fingerprint density at radius 1 is 0.809 bits per heavy atom. The number of anilines is 1. The lowest BCUT2D eigenvalue weighted by Gasteiger charge is -2.35. The van der Waals surface area contributed by atoms with Gasteiger partial charge in [0.1, 0.15) is 18.4 Å². The number of hydrogen-bond donors (Lipinski definition) is 1. The fourth-order valence-electron chi connectivity index (χ4n) is 5.79. The van der Waals surface area contributed by atoms with Gasteiger partial charge in [-0.15, -0.1) is 0 Å². The summed E-state index contributed by atoms with van der Waals surface area (Å²) in [6, 6.07) is 26.0. The van der Waals surface area contributed by atoms with Crippen LogP contribution >= 0.6 is 23.2 Å². The maximum atomic E-state index is 14.6. The predicted octanol–water partition coefficient (Wildman–Crippen LogP) is 7.42. The Hall–Kier alpha value is -3.92. The summed E-state index contributed by atoms with van der Waals surface area (Å²) < 4.78 is 42.8. The van der Waals surface area contributed by atoms with Crippen molar-refractivity contribution in [3.8, 4) is 0 Å². The van der Waals surface area contributed by atoms with Gasteiger partial charge in [0.15, 0.2) is 0 Å². The minimum absolute atomic E-state index is 0.0175. The predicted molar refractivity (Wildman–Crippen MR) is 183 cm³/mol.